The first kappa shape index (κ1) is 25.0. The molecule has 9 heteroatoms. The summed E-state index contributed by atoms with van der Waals surface area (Å²) in [6, 6.07) is 0. The molecule has 0 aromatic carbocycles. The topological polar surface area (TPSA) is 113 Å². The summed E-state index contributed by atoms with van der Waals surface area (Å²) < 4.78 is 30.6. The van der Waals surface area contributed by atoms with Crippen molar-refractivity contribution in [1.82, 2.24) is 0 Å². The minimum absolute atomic E-state index is 0.244. The number of phosphoric acid groups is 2. The standard InChI is InChI=1S/C20H36O7P2/c1-15(11-14-26-29(24,25)27-28(21,22)23)7-9-17-16(2)8-10-18-19(3,4)12-6-13-20(17,18)5/h8,11,17-18H,6-7,9-10,12-14H2,1-5H3,(H,24,25)(H2,21,22,23)/b15-11+/t17-,18-,20+/m0/s1. The molecule has 29 heavy (non-hydrogen) atoms. The van der Waals surface area contributed by atoms with Crippen LogP contribution in [0, 0.1) is 22.7 Å². The molecule has 0 spiro atoms. The van der Waals surface area contributed by atoms with Crippen LogP contribution in [-0.4, -0.2) is 21.3 Å². The van der Waals surface area contributed by atoms with Crippen molar-refractivity contribution >= 4 is 15.6 Å². The van der Waals surface area contributed by atoms with E-state index in [-0.39, 0.29) is 12.0 Å². The third-order valence-electron chi connectivity index (χ3n) is 7.00. The zero-order valence-electron chi connectivity index (χ0n) is 18.1. The summed E-state index contributed by atoms with van der Waals surface area (Å²) in [6.45, 7) is 11.2. The smallest absolute Gasteiger partial charge is 0.302 e. The lowest BCUT2D eigenvalue weighted by Crippen LogP contribution is -2.48. The molecule has 0 heterocycles. The van der Waals surface area contributed by atoms with Crippen LogP contribution < -0.4 is 0 Å². The average molecular weight is 450 g/mol. The van der Waals surface area contributed by atoms with E-state index in [0.717, 1.165) is 24.8 Å². The van der Waals surface area contributed by atoms with E-state index in [0.29, 0.717) is 17.3 Å². The Morgan fingerprint density at radius 2 is 1.90 bits per heavy atom. The maximum Gasteiger partial charge on any atom is 0.481 e. The molecule has 0 saturated heterocycles. The summed E-state index contributed by atoms with van der Waals surface area (Å²) in [6.07, 6.45) is 10.8. The Labute approximate surface area is 174 Å². The van der Waals surface area contributed by atoms with E-state index in [9.17, 15) is 14.0 Å². The van der Waals surface area contributed by atoms with Gasteiger partial charge in [0.05, 0.1) is 6.61 Å². The summed E-state index contributed by atoms with van der Waals surface area (Å²) in [5.41, 5.74) is 3.10. The molecule has 4 atom stereocenters. The molecule has 7 nitrogen and oxygen atoms in total. The molecule has 3 N–H and O–H groups in total. The molecule has 1 saturated carbocycles. The summed E-state index contributed by atoms with van der Waals surface area (Å²) in [5, 5.41) is 0. The van der Waals surface area contributed by atoms with Crippen LogP contribution in [0.4, 0.5) is 0 Å². The van der Waals surface area contributed by atoms with Gasteiger partial charge in [-0.3, -0.25) is 4.52 Å². The van der Waals surface area contributed by atoms with Gasteiger partial charge >= 0.3 is 15.6 Å². The van der Waals surface area contributed by atoms with E-state index in [2.05, 4.69) is 42.6 Å². The van der Waals surface area contributed by atoms with Crippen LogP contribution in [0.15, 0.2) is 23.3 Å². The Hall–Kier alpha value is -0.260. The van der Waals surface area contributed by atoms with Crippen LogP contribution in [0.25, 0.3) is 0 Å². The Balaban J connectivity index is 1.98. The van der Waals surface area contributed by atoms with Crippen LogP contribution in [-0.2, 0) is 18.0 Å². The van der Waals surface area contributed by atoms with Crippen molar-refractivity contribution in [3.05, 3.63) is 23.3 Å². The molecule has 0 bridgehead atoms. The Bertz CT molecular complexity index is 752. The van der Waals surface area contributed by atoms with Gasteiger partial charge in [0.1, 0.15) is 0 Å². The second-order valence-corrected chi connectivity index (χ2v) is 12.4. The fourth-order valence-corrected chi connectivity index (χ4v) is 7.13. The van der Waals surface area contributed by atoms with E-state index < -0.39 is 15.6 Å². The van der Waals surface area contributed by atoms with E-state index >= 15 is 0 Å². The van der Waals surface area contributed by atoms with Crippen molar-refractivity contribution in [2.45, 2.75) is 73.1 Å². The molecule has 2 aliphatic carbocycles. The van der Waals surface area contributed by atoms with Gasteiger partial charge in [0.25, 0.3) is 0 Å². The fourth-order valence-electron chi connectivity index (χ4n) is 5.60. The lowest BCUT2D eigenvalue weighted by molar-refractivity contribution is -0.0390. The number of fused-ring (bicyclic) bond motifs is 1. The van der Waals surface area contributed by atoms with E-state index in [1.807, 2.05) is 6.92 Å². The van der Waals surface area contributed by atoms with Crippen molar-refractivity contribution < 1.29 is 32.6 Å². The highest BCUT2D eigenvalue weighted by Crippen LogP contribution is 2.60. The summed E-state index contributed by atoms with van der Waals surface area (Å²) in [7, 11) is -9.87. The quantitative estimate of drug-likeness (QED) is 0.319. The van der Waals surface area contributed by atoms with Crippen LogP contribution in [0.5, 0.6) is 0 Å². The predicted octanol–water partition coefficient (Wildman–Crippen LogP) is 5.74. The second-order valence-electron chi connectivity index (χ2n) is 9.56. The first-order chi connectivity index (χ1) is 13.2. The second kappa shape index (κ2) is 9.08. The zero-order chi connectivity index (χ0) is 22.1. The minimum atomic E-state index is -5.09. The monoisotopic (exact) mass is 450 g/mol. The lowest BCUT2D eigenvalue weighted by atomic mass is 9.48. The van der Waals surface area contributed by atoms with Gasteiger partial charge in [0.2, 0.25) is 0 Å². The SMILES string of the molecule is CC1=CC[C@H]2C(C)(C)CCC[C@]2(C)[C@H]1CC/C(C)=C/COP(=O)(O)OP(=O)(O)O. The number of allylic oxidation sites excluding steroid dienone is 3. The third kappa shape index (κ3) is 6.61. The van der Waals surface area contributed by atoms with Gasteiger partial charge in [-0.05, 0) is 68.6 Å². The van der Waals surface area contributed by atoms with Gasteiger partial charge in [-0.25, -0.2) is 9.13 Å². The van der Waals surface area contributed by atoms with Crippen LogP contribution in [0.2, 0.25) is 0 Å². The largest absolute Gasteiger partial charge is 0.481 e. The Morgan fingerprint density at radius 1 is 1.24 bits per heavy atom. The molecule has 1 unspecified atom stereocenters. The Morgan fingerprint density at radius 3 is 2.52 bits per heavy atom. The highest BCUT2D eigenvalue weighted by atomic mass is 31.3. The lowest BCUT2D eigenvalue weighted by Gasteiger charge is -2.57. The molecular weight excluding hydrogens is 414 g/mol. The number of hydrogen-bond donors (Lipinski definition) is 3. The van der Waals surface area contributed by atoms with Crippen molar-refractivity contribution in [2.75, 3.05) is 6.61 Å². The van der Waals surface area contributed by atoms with Gasteiger partial charge < -0.3 is 14.7 Å². The number of hydrogen-bond acceptors (Lipinski definition) is 4. The number of rotatable bonds is 8. The minimum Gasteiger partial charge on any atom is -0.302 e. The molecule has 1 fully saturated rings. The number of phosphoric ester groups is 1. The van der Waals surface area contributed by atoms with Gasteiger partial charge in [-0.1, -0.05) is 50.5 Å². The average Bonchev–Trinajstić information content (AvgIpc) is 2.50. The first-order valence-corrected chi connectivity index (χ1v) is 13.3. The zero-order valence-corrected chi connectivity index (χ0v) is 19.9. The molecule has 2 rings (SSSR count). The van der Waals surface area contributed by atoms with Crippen LogP contribution in [0.3, 0.4) is 0 Å². The van der Waals surface area contributed by atoms with Gasteiger partial charge in [0, 0.05) is 0 Å². The van der Waals surface area contributed by atoms with E-state index in [1.54, 1.807) is 6.08 Å². The molecule has 2 aliphatic rings. The highest BCUT2D eigenvalue weighted by Gasteiger charge is 2.51. The van der Waals surface area contributed by atoms with Crippen molar-refractivity contribution in [3.63, 3.8) is 0 Å². The molecule has 0 aromatic heterocycles. The fraction of sp³-hybridized carbons (Fsp3) is 0.800. The normalized spacial score (nSPS) is 32.3. The maximum atomic E-state index is 11.5. The molecular formula is C20H36O7P2. The van der Waals surface area contributed by atoms with Crippen LogP contribution in [0.1, 0.15) is 73.1 Å². The predicted molar refractivity (Wildman–Crippen MR) is 113 cm³/mol. The van der Waals surface area contributed by atoms with Gasteiger partial charge in [-0.2, -0.15) is 4.31 Å². The van der Waals surface area contributed by atoms with E-state index in [1.165, 1.54) is 24.8 Å². The third-order valence-corrected chi connectivity index (χ3v) is 9.16. The Kier molecular flexibility index (Phi) is 7.83. The maximum absolute atomic E-state index is 11.5. The summed E-state index contributed by atoms with van der Waals surface area (Å²) in [4.78, 5) is 26.6. The van der Waals surface area contributed by atoms with Crippen molar-refractivity contribution in [2.24, 2.45) is 22.7 Å². The van der Waals surface area contributed by atoms with Crippen LogP contribution >= 0.6 is 15.6 Å². The van der Waals surface area contributed by atoms with Gasteiger partial charge in [-0.15, -0.1) is 0 Å². The summed E-state index contributed by atoms with van der Waals surface area (Å²) >= 11 is 0. The first-order valence-electron chi connectivity index (χ1n) is 10.2. The van der Waals surface area contributed by atoms with E-state index in [4.69, 9.17) is 9.79 Å². The molecule has 0 amide bonds. The molecule has 168 valence electrons. The molecule has 0 aliphatic heterocycles. The summed E-state index contributed by atoms with van der Waals surface area (Å²) in [5.74, 6) is 1.18. The molecule has 0 aromatic rings. The van der Waals surface area contributed by atoms with Gasteiger partial charge in [0.15, 0.2) is 0 Å². The molecule has 0 radical (unpaired) electrons. The van der Waals surface area contributed by atoms with Crippen molar-refractivity contribution in [1.29, 1.82) is 0 Å². The highest BCUT2D eigenvalue weighted by molar-refractivity contribution is 7.60. The van der Waals surface area contributed by atoms with Crippen molar-refractivity contribution in [3.8, 4) is 0 Å².